The largest absolute Gasteiger partial charge is 0.254 e. The molecule has 0 aliphatic rings. The Balaban J connectivity index is 2.88. The van der Waals surface area contributed by atoms with Crippen LogP contribution >= 0.6 is 23.2 Å². The van der Waals surface area contributed by atoms with Crippen molar-refractivity contribution in [3.8, 4) is 0 Å². The van der Waals surface area contributed by atoms with Crippen LogP contribution in [0.4, 0.5) is 0 Å². The fraction of sp³-hybridized carbons (Fsp3) is 0. The van der Waals surface area contributed by atoms with Gasteiger partial charge in [0.25, 0.3) is 5.78 Å². The number of nitrogens with zero attached hydrogens (tertiary/aromatic N) is 4. The predicted molar refractivity (Wildman–Crippen MR) is 46.2 cm³/mol. The van der Waals surface area contributed by atoms with Gasteiger partial charge in [-0.05, 0) is 0 Å². The van der Waals surface area contributed by atoms with Gasteiger partial charge in [-0.15, -0.1) is 0 Å². The van der Waals surface area contributed by atoms with Crippen molar-refractivity contribution in [3.63, 3.8) is 0 Å². The van der Waals surface area contributed by atoms with Crippen LogP contribution in [0.15, 0.2) is 6.07 Å². The summed E-state index contributed by atoms with van der Waals surface area (Å²) in [6.07, 6.45) is 0. The van der Waals surface area contributed by atoms with Crippen LogP contribution in [0.3, 0.4) is 0 Å². The van der Waals surface area contributed by atoms with E-state index in [0.717, 1.165) is 0 Å². The minimum Gasteiger partial charge on any atom is -0.207 e. The van der Waals surface area contributed by atoms with E-state index in [1.165, 1.54) is 10.6 Å². The van der Waals surface area contributed by atoms with E-state index in [2.05, 4.69) is 15.1 Å². The van der Waals surface area contributed by atoms with Crippen LogP contribution in [0, 0.1) is 0 Å². The van der Waals surface area contributed by atoms with E-state index < -0.39 is 0 Å². The SMILES string of the molecule is [B]c1nc2nc(Cl)cc(Cl)n2n1. The fourth-order valence-corrected chi connectivity index (χ4v) is 1.27. The average Bonchev–Trinajstić information content (AvgIpc) is 2.29. The van der Waals surface area contributed by atoms with Crippen molar-refractivity contribution in [3.05, 3.63) is 16.4 Å². The monoisotopic (exact) mass is 198 g/mol. The van der Waals surface area contributed by atoms with Crippen LogP contribution in [-0.2, 0) is 0 Å². The second-order valence-electron chi connectivity index (χ2n) is 2.08. The Morgan fingerprint density at radius 2 is 2.08 bits per heavy atom. The number of rotatable bonds is 0. The Morgan fingerprint density at radius 1 is 1.33 bits per heavy atom. The highest BCUT2D eigenvalue weighted by atomic mass is 35.5. The summed E-state index contributed by atoms with van der Waals surface area (Å²) in [5.74, 6) is 0.296. The van der Waals surface area contributed by atoms with Crippen molar-refractivity contribution >= 4 is 42.5 Å². The molecule has 0 saturated heterocycles. The molecule has 0 bridgehead atoms. The quantitative estimate of drug-likeness (QED) is 0.450. The summed E-state index contributed by atoms with van der Waals surface area (Å²) in [6.45, 7) is 0. The third-order valence-corrected chi connectivity index (χ3v) is 1.72. The van der Waals surface area contributed by atoms with Crippen molar-refractivity contribution in [2.45, 2.75) is 0 Å². The lowest BCUT2D eigenvalue weighted by Crippen LogP contribution is -2.06. The van der Waals surface area contributed by atoms with Crippen LogP contribution < -0.4 is 5.72 Å². The zero-order valence-electron chi connectivity index (χ0n) is 5.70. The van der Waals surface area contributed by atoms with Gasteiger partial charge in [0.2, 0.25) is 0 Å². The summed E-state index contributed by atoms with van der Waals surface area (Å²) in [7, 11) is 5.32. The Bertz CT molecular complexity index is 440. The minimum atomic E-state index is 0.117. The average molecular weight is 199 g/mol. The van der Waals surface area contributed by atoms with Gasteiger partial charge in [-0.3, -0.25) is 0 Å². The van der Waals surface area contributed by atoms with E-state index >= 15 is 0 Å². The zero-order chi connectivity index (χ0) is 8.72. The van der Waals surface area contributed by atoms with E-state index in [0.29, 0.717) is 10.9 Å². The van der Waals surface area contributed by atoms with E-state index in [1.807, 2.05) is 0 Å². The lowest BCUT2D eigenvalue weighted by molar-refractivity contribution is 0.951. The first kappa shape index (κ1) is 7.82. The molecule has 12 heavy (non-hydrogen) atoms. The molecule has 0 unspecified atom stereocenters. The van der Waals surface area contributed by atoms with Crippen LogP contribution in [0.2, 0.25) is 10.3 Å². The molecule has 0 aliphatic heterocycles. The first-order valence-electron chi connectivity index (χ1n) is 3.01. The normalized spacial score (nSPS) is 10.8. The molecule has 0 amide bonds. The Hall–Kier alpha value is -0.805. The molecule has 0 fully saturated rings. The summed E-state index contributed by atoms with van der Waals surface area (Å²) < 4.78 is 1.31. The zero-order valence-corrected chi connectivity index (χ0v) is 7.21. The molecule has 2 aromatic rings. The predicted octanol–water partition coefficient (Wildman–Crippen LogP) is 0.225. The molecule has 2 rings (SSSR count). The molecule has 0 spiro atoms. The van der Waals surface area contributed by atoms with Gasteiger partial charge in [0.15, 0.2) is 7.85 Å². The van der Waals surface area contributed by atoms with E-state index in [-0.39, 0.29) is 10.9 Å². The number of hydrogen-bond donors (Lipinski definition) is 0. The number of fused-ring (bicyclic) bond motifs is 1. The second kappa shape index (κ2) is 2.60. The van der Waals surface area contributed by atoms with Gasteiger partial charge in [0.05, 0.1) is 5.72 Å². The highest BCUT2D eigenvalue weighted by molar-refractivity contribution is 6.33. The lowest BCUT2D eigenvalue weighted by Gasteiger charge is -1.93. The molecule has 2 heterocycles. The number of aromatic nitrogens is 4. The van der Waals surface area contributed by atoms with Gasteiger partial charge < -0.3 is 0 Å². The molecule has 4 nitrogen and oxygen atoms in total. The summed E-state index contributed by atoms with van der Waals surface area (Å²) in [4.78, 5) is 7.63. The molecule has 0 atom stereocenters. The maximum absolute atomic E-state index is 5.76. The summed E-state index contributed by atoms with van der Waals surface area (Å²) in [5.41, 5.74) is 0.117. The topological polar surface area (TPSA) is 43.1 Å². The van der Waals surface area contributed by atoms with Crippen molar-refractivity contribution in [2.24, 2.45) is 0 Å². The van der Waals surface area contributed by atoms with Crippen LogP contribution in [0.25, 0.3) is 5.78 Å². The Labute approximate surface area is 78.9 Å². The van der Waals surface area contributed by atoms with Gasteiger partial charge in [0.1, 0.15) is 10.3 Å². The Morgan fingerprint density at radius 3 is 2.83 bits per heavy atom. The van der Waals surface area contributed by atoms with Crippen LogP contribution in [-0.4, -0.2) is 27.4 Å². The molecule has 2 aromatic heterocycles. The van der Waals surface area contributed by atoms with Gasteiger partial charge >= 0.3 is 0 Å². The number of hydrogen-bond acceptors (Lipinski definition) is 3. The molecule has 7 heteroatoms. The summed E-state index contributed by atoms with van der Waals surface area (Å²) >= 11 is 11.4. The molecule has 0 N–H and O–H groups in total. The lowest BCUT2D eigenvalue weighted by atomic mass is 10.1. The molecular weight excluding hydrogens is 198 g/mol. The highest BCUT2D eigenvalue weighted by Gasteiger charge is 2.05. The van der Waals surface area contributed by atoms with Gasteiger partial charge in [0, 0.05) is 6.07 Å². The summed E-state index contributed by atoms with van der Waals surface area (Å²) in [5, 5.41) is 4.38. The Kier molecular flexibility index (Phi) is 1.70. The highest BCUT2D eigenvalue weighted by Crippen LogP contribution is 2.13. The molecule has 0 aliphatic carbocycles. The van der Waals surface area contributed by atoms with Crippen molar-refractivity contribution in [1.29, 1.82) is 0 Å². The fourth-order valence-electron chi connectivity index (χ4n) is 0.822. The van der Waals surface area contributed by atoms with Crippen LogP contribution in [0.1, 0.15) is 0 Å². The van der Waals surface area contributed by atoms with Crippen molar-refractivity contribution < 1.29 is 0 Å². The van der Waals surface area contributed by atoms with Gasteiger partial charge in [-0.2, -0.15) is 14.6 Å². The summed E-state index contributed by atoms with van der Waals surface area (Å²) in [6, 6.07) is 1.46. The smallest absolute Gasteiger partial charge is 0.207 e. The molecule has 0 saturated carbocycles. The maximum atomic E-state index is 5.76. The second-order valence-corrected chi connectivity index (χ2v) is 2.86. The van der Waals surface area contributed by atoms with Gasteiger partial charge in [-0.25, -0.2) is 4.98 Å². The third-order valence-electron chi connectivity index (χ3n) is 1.25. The first-order valence-corrected chi connectivity index (χ1v) is 3.77. The maximum Gasteiger partial charge on any atom is 0.254 e. The molecule has 0 aromatic carbocycles. The van der Waals surface area contributed by atoms with Crippen molar-refractivity contribution in [1.82, 2.24) is 19.6 Å². The first-order chi connectivity index (χ1) is 5.66. The van der Waals surface area contributed by atoms with Gasteiger partial charge in [-0.1, -0.05) is 23.2 Å². The molecule has 58 valence electrons. The third kappa shape index (κ3) is 1.15. The number of halogens is 2. The standard InChI is InChI=1S/C5HBCl2N4/c6-4-10-5-9-2(7)1-3(8)12(5)11-4/h1H. The van der Waals surface area contributed by atoms with E-state index in [9.17, 15) is 0 Å². The minimum absolute atomic E-state index is 0.117. The van der Waals surface area contributed by atoms with E-state index in [4.69, 9.17) is 31.0 Å². The van der Waals surface area contributed by atoms with Crippen LogP contribution in [0.5, 0.6) is 0 Å². The molecule has 2 radical (unpaired) electrons. The van der Waals surface area contributed by atoms with E-state index in [1.54, 1.807) is 0 Å². The van der Waals surface area contributed by atoms with Crippen molar-refractivity contribution in [2.75, 3.05) is 0 Å². The molecular formula is C5HBCl2N4.